The van der Waals surface area contributed by atoms with Crippen LogP contribution in [0.15, 0.2) is 86.5 Å². The van der Waals surface area contributed by atoms with Crippen LogP contribution in [0.4, 0.5) is 0 Å². The van der Waals surface area contributed by atoms with Gasteiger partial charge in [0.15, 0.2) is 11.5 Å². The van der Waals surface area contributed by atoms with Gasteiger partial charge >= 0.3 is 0 Å². The highest BCUT2D eigenvalue weighted by molar-refractivity contribution is 8.26. The molecule has 0 spiro atoms. The number of benzene rings is 2. The molecule has 1 aliphatic rings. The molecule has 0 saturated carbocycles. The first-order valence-corrected chi connectivity index (χ1v) is 14.1. The van der Waals surface area contributed by atoms with E-state index < -0.39 is 0 Å². The van der Waals surface area contributed by atoms with Crippen molar-refractivity contribution in [2.45, 2.75) is 23.3 Å². The summed E-state index contributed by atoms with van der Waals surface area (Å²) in [7, 11) is 3.18. The Labute approximate surface area is 239 Å². The minimum absolute atomic E-state index is 0.227. The van der Waals surface area contributed by atoms with Gasteiger partial charge in [-0.1, -0.05) is 66.1 Å². The summed E-state index contributed by atoms with van der Waals surface area (Å²) in [6, 6.07) is 19.1. The minimum Gasteiger partial charge on any atom is -0.493 e. The lowest BCUT2D eigenvalue weighted by molar-refractivity contribution is -0.122. The number of thiocarbonyl (C=S) groups is 1. The van der Waals surface area contributed by atoms with E-state index in [1.54, 1.807) is 31.4 Å². The van der Waals surface area contributed by atoms with Gasteiger partial charge in [0.25, 0.3) is 11.5 Å². The van der Waals surface area contributed by atoms with Gasteiger partial charge in [-0.25, -0.2) is 4.98 Å². The van der Waals surface area contributed by atoms with E-state index in [9.17, 15) is 9.59 Å². The molecule has 7 nitrogen and oxygen atoms in total. The number of rotatable bonds is 8. The van der Waals surface area contributed by atoms with Gasteiger partial charge < -0.3 is 9.47 Å². The molecule has 0 aliphatic carbocycles. The molecule has 2 aromatic heterocycles. The predicted molar refractivity (Wildman–Crippen MR) is 160 cm³/mol. The lowest BCUT2D eigenvalue weighted by atomic mass is 10.1. The Kier molecular flexibility index (Phi) is 8.06. The number of hydrogen-bond donors (Lipinski definition) is 0. The normalized spacial score (nSPS) is 14.4. The Bertz CT molecular complexity index is 1670. The summed E-state index contributed by atoms with van der Waals surface area (Å²) < 4.78 is 12.7. The average Bonchev–Trinajstić information content (AvgIpc) is 3.22. The highest BCUT2D eigenvalue weighted by Gasteiger charge is 2.32. The molecule has 0 N–H and O–H groups in total. The second-order valence-corrected chi connectivity index (χ2v) is 11.4. The highest BCUT2D eigenvalue weighted by atomic mass is 32.2. The van der Waals surface area contributed by atoms with Crippen molar-refractivity contribution in [2.75, 3.05) is 20.8 Å². The van der Waals surface area contributed by atoms with Crippen molar-refractivity contribution < 1.29 is 14.3 Å². The molecule has 10 heteroatoms. The number of thioether (sulfide) groups is 1. The fourth-order valence-corrected chi connectivity index (χ4v) is 6.39. The number of pyridine rings is 1. The van der Waals surface area contributed by atoms with Gasteiger partial charge in [0.05, 0.1) is 24.7 Å². The smallest absolute Gasteiger partial charge is 0.266 e. The maximum absolute atomic E-state index is 13.6. The number of ether oxygens (including phenoxy) is 2. The van der Waals surface area contributed by atoms with Crippen LogP contribution in [-0.4, -0.2) is 45.3 Å². The van der Waals surface area contributed by atoms with E-state index >= 15 is 0 Å². The minimum atomic E-state index is -0.238. The molecule has 1 amide bonds. The Morgan fingerprint density at radius 1 is 1.03 bits per heavy atom. The Hall–Kier alpha value is -3.60. The third-order valence-electron chi connectivity index (χ3n) is 6.23. The molecule has 4 aromatic rings. The van der Waals surface area contributed by atoms with Gasteiger partial charge in [-0.2, -0.15) is 0 Å². The zero-order valence-electron chi connectivity index (χ0n) is 21.5. The number of carbonyl (C=O) groups is 1. The largest absolute Gasteiger partial charge is 0.493 e. The lowest BCUT2D eigenvalue weighted by Crippen LogP contribution is -2.30. The van der Waals surface area contributed by atoms with Crippen LogP contribution < -0.4 is 15.0 Å². The van der Waals surface area contributed by atoms with E-state index in [1.807, 2.05) is 67.6 Å². The van der Waals surface area contributed by atoms with Crippen LogP contribution >= 0.6 is 35.7 Å². The van der Waals surface area contributed by atoms with Gasteiger partial charge in [-0.05, 0) is 60.9 Å². The third kappa shape index (κ3) is 5.59. The molecule has 2 aromatic carbocycles. The molecule has 5 rings (SSSR count). The molecule has 0 bridgehead atoms. The van der Waals surface area contributed by atoms with E-state index in [0.717, 1.165) is 16.0 Å². The number of aryl methyl sites for hydroxylation is 1. The van der Waals surface area contributed by atoms with Crippen molar-refractivity contribution in [1.29, 1.82) is 0 Å². The quantitative estimate of drug-likeness (QED) is 0.152. The van der Waals surface area contributed by atoms with E-state index in [4.69, 9.17) is 26.7 Å². The lowest BCUT2D eigenvalue weighted by Gasteiger charge is -2.15. The fraction of sp³-hybridized carbons (Fsp3) is 0.172. The SMILES string of the molecule is COc1ccc(CCN2C(=O)C(=Cc3c(Sc4ccccc4)nc4c(C)cccn4c3=O)SC2=S)cc1OC. The van der Waals surface area contributed by atoms with Gasteiger partial charge in [0.2, 0.25) is 0 Å². The van der Waals surface area contributed by atoms with Crippen molar-refractivity contribution >= 4 is 57.7 Å². The number of fused-ring (bicyclic) bond motifs is 1. The Morgan fingerprint density at radius 3 is 2.54 bits per heavy atom. The zero-order chi connectivity index (χ0) is 27.5. The van der Waals surface area contributed by atoms with Gasteiger partial charge in [0, 0.05) is 17.6 Å². The first-order chi connectivity index (χ1) is 18.9. The van der Waals surface area contributed by atoms with E-state index in [1.165, 1.54) is 27.9 Å². The number of carbonyl (C=O) groups excluding carboxylic acids is 1. The molecule has 1 aliphatic heterocycles. The maximum Gasteiger partial charge on any atom is 0.266 e. The molecule has 3 heterocycles. The van der Waals surface area contributed by atoms with Crippen LogP contribution in [0.1, 0.15) is 16.7 Å². The Morgan fingerprint density at radius 2 is 1.79 bits per heavy atom. The molecule has 1 saturated heterocycles. The summed E-state index contributed by atoms with van der Waals surface area (Å²) in [5, 5.41) is 0.538. The summed E-state index contributed by atoms with van der Waals surface area (Å²) in [6.45, 7) is 2.32. The van der Waals surface area contributed by atoms with Crippen LogP contribution in [0.3, 0.4) is 0 Å². The predicted octanol–water partition coefficient (Wildman–Crippen LogP) is 5.62. The van der Waals surface area contributed by atoms with Crippen molar-refractivity contribution in [3.8, 4) is 11.5 Å². The molecule has 198 valence electrons. The molecule has 39 heavy (non-hydrogen) atoms. The van der Waals surface area contributed by atoms with E-state index in [0.29, 0.717) is 49.9 Å². The fourth-order valence-electron chi connectivity index (χ4n) is 4.19. The van der Waals surface area contributed by atoms with Crippen molar-refractivity contribution in [3.63, 3.8) is 0 Å². The standard InChI is InChI=1S/C29H25N3O4S3/c1-18-8-7-14-31-25(18)30-26(38-20-9-5-4-6-10-20)21(27(31)33)17-24-28(34)32(29(37)39-24)15-13-19-11-12-22(35-2)23(16-19)36-3/h4-12,14,16-17H,13,15H2,1-3H3. The molecule has 1 fully saturated rings. The first-order valence-electron chi connectivity index (χ1n) is 12.1. The zero-order valence-corrected chi connectivity index (χ0v) is 24.0. The number of aromatic nitrogens is 2. The summed E-state index contributed by atoms with van der Waals surface area (Å²) >= 11 is 8.15. The maximum atomic E-state index is 13.6. The average molecular weight is 576 g/mol. The molecule has 0 radical (unpaired) electrons. The van der Waals surface area contributed by atoms with Crippen LogP contribution in [0.2, 0.25) is 0 Å². The number of hydrogen-bond acceptors (Lipinski definition) is 8. The number of nitrogens with zero attached hydrogens (tertiary/aromatic N) is 3. The molecular formula is C29H25N3O4S3. The second-order valence-electron chi connectivity index (χ2n) is 8.71. The number of methoxy groups -OCH3 is 2. The van der Waals surface area contributed by atoms with Crippen molar-refractivity contribution in [2.24, 2.45) is 0 Å². The van der Waals surface area contributed by atoms with Gasteiger partial charge in [-0.15, -0.1) is 0 Å². The van der Waals surface area contributed by atoms with Crippen molar-refractivity contribution in [3.05, 3.63) is 98.8 Å². The molecule has 0 atom stereocenters. The van der Waals surface area contributed by atoms with E-state index in [2.05, 4.69) is 0 Å². The second kappa shape index (κ2) is 11.6. The topological polar surface area (TPSA) is 73.1 Å². The third-order valence-corrected chi connectivity index (χ3v) is 8.62. The highest BCUT2D eigenvalue weighted by Crippen LogP contribution is 2.35. The summed E-state index contributed by atoms with van der Waals surface area (Å²) in [5.41, 5.74) is 2.57. The Balaban J connectivity index is 1.47. The summed E-state index contributed by atoms with van der Waals surface area (Å²) in [5.74, 6) is 1.04. The van der Waals surface area contributed by atoms with Crippen LogP contribution in [-0.2, 0) is 11.2 Å². The van der Waals surface area contributed by atoms with Crippen LogP contribution in [0, 0.1) is 6.92 Å². The first kappa shape index (κ1) is 27.0. The summed E-state index contributed by atoms with van der Waals surface area (Å²) in [6.07, 6.45) is 3.90. The monoisotopic (exact) mass is 575 g/mol. The molecular weight excluding hydrogens is 551 g/mol. The van der Waals surface area contributed by atoms with Gasteiger partial charge in [-0.3, -0.25) is 18.9 Å². The molecule has 0 unspecified atom stereocenters. The van der Waals surface area contributed by atoms with Crippen LogP contribution in [0.5, 0.6) is 11.5 Å². The summed E-state index contributed by atoms with van der Waals surface area (Å²) in [4.78, 5) is 34.8. The number of amides is 1. The van der Waals surface area contributed by atoms with Gasteiger partial charge in [0.1, 0.15) is 15.0 Å². The van der Waals surface area contributed by atoms with Crippen molar-refractivity contribution in [1.82, 2.24) is 14.3 Å². The van der Waals surface area contributed by atoms with E-state index in [-0.39, 0.29) is 11.5 Å². The van der Waals surface area contributed by atoms with Crippen LogP contribution in [0.25, 0.3) is 11.7 Å².